The fourth-order valence-corrected chi connectivity index (χ4v) is 0.976. The molecule has 0 saturated heterocycles. The van der Waals surface area contributed by atoms with Gasteiger partial charge in [-0.1, -0.05) is 12.1 Å². The second kappa shape index (κ2) is 4.33. The van der Waals surface area contributed by atoms with Crippen LogP contribution in [-0.2, 0) is 0 Å². The van der Waals surface area contributed by atoms with E-state index in [0.717, 1.165) is 6.07 Å². The zero-order valence-electron chi connectivity index (χ0n) is 7.30. The molecule has 0 bridgehead atoms. The molecule has 3 heteroatoms. The van der Waals surface area contributed by atoms with Crippen molar-refractivity contribution in [2.75, 3.05) is 0 Å². The SMILES string of the molecule is CC(O)C[CH]c1cccc(F)c1F. The van der Waals surface area contributed by atoms with Gasteiger partial charge in [0.25, 0.3) is 0 Å². The van der Waals surface area contributed by atoms with Gasteiger partial charge in [0.15, 0.2) is 11.6 Å². The lowest BCUT2D eigenvalue weighted by atomic mass is 10.1. The zero-order chi connectivity index (χ0) is 9.84. The van der Waals surface area contributed by atoms with Gasteiger partial charge in [-0.05, 0) is 31.4 Å². The first kappa shape index (κ1) is 10.1. The van der Waals surface area contributed by atoms with Crippen LogP contribution in [0.3, 0.4) is 0 Å². The van der Waals surface area contributed by atoms with E-state index < -0.39 is 17.7 Å². The van der Waals surface area contributed by atoms with E-state index in [0.29, 0.717) is 6.42 Å². The minimum absolute atomic E-state index is 0.195. The third-order valence-electron chi connectivity index (χ3n) is 1.66. The molecule has 71 valence electrons. The fourth-order valence-electron chi connectivity index (χ4n) is 0.976. The summed E-state index contributed by atoms with van der Waals surface area (Å²) in [5.41, 5.74) is 0.195. The van der Waals surface area contributed by atoms with Gasteiger partial charge in [0.05, 0.1) is 6.10 Å². The maximum absolute atomic E-state index is 13.0. The minimum atomic E-state index is -0.862. The van der Waals surface area contributed by atoms with E-state index in [4.69, 9.17) is 5.11 Å². The van der Waals surface area contributed by atoms with Crippen LogP contribution in [0.5, 0.6) is 0 Å². The van der Waals surface area contributed by atoms with Crippen LogP contribution in [0, 0.1) is 18.1 Å². The Bertz CT molecular complexity index is 284. The lowest BCUT2D eigenvalue weighted by Crippen LogP contribution is -2.01. The summed E-state index contributed by atoms with van der Waals surface area (Å²) in [6.45, 7) is 1.59. The van der Waals surface area contributed by atoms with Gasteiger partial charge < -0.3 is 5.11 Å². The van der Waals surface area contributed by atoms with Crippen LogP contribution in [-0.4, -0.2) is 11.2 Å². The number of hydrogen-bond donors (Lipinski definition) is 1. The number of halogens is 2. The quantitative estimate of drug-likeness (QED) is 0.766. The molecule has 0 amide bonds. The molecule has 1 nitrogen and oxygen atoms in total. The standard InChI is InChI=1S/C10H11F2O/c1-7(13)5-6-8-3-2-4-9(11)10(8)12/h2-4,6-7,13H,5H2,1H3. The largest absolute Gasteiger partial charge is 0.393 e. The van der Waals surface area contributed by atoms with Crippen LogP contribution in [0.15, 0.2) is 18.2 Å². The smallest absolute Gasteiger partial charge is 0.162 e. The molecular formula is C10H11F2O. The van der Waals surface area contributed by atoms with Gasteiger partial charge in [-0.2, -0.15) is 0 Å². The summed E-state index contributed by atoms with van der Waals surface area (Å²) in [4.78, 5) is 0. The van der Waals surface area contributed by atoms with Crippen LogP contribution < -0.4 is 0 Å². The normalized spacial score (nSPS) is 12.9. The first-order valence-electron chi connectivity index (χ1n) is 4.06. The second-order valence-electron chi connectivity index (χ2n) is 2.93. The van der Waals surface area contributed by atoms with E-state index in [1.165, 1.54) is 18.6 Å². The number of hydrogen-bond acceptors (Lipinski definition) is 1. The van der Waals surface area contributed by atoms with Crippen LogP contribution in [0.25, 0.3) is 0 Å². The first-order chi connectivity index (χ1) is 6.11. The van der Waals surface area contributed by atoms with Gasteiger partial charge >= 0.3 is 0 Å². The monoisotopic (exact) mass is 185 g/mol. The molecule has 0 aliphatic rings. The molecule has 0 saturated carbocycles. The lowest BCUT2D eigenvalue weighted by Gasteiger charge is -2.04. The predicted molar refractivity (Wildman–Crippen MR) is 46.1 cm³/mol. The van der Waals surface area contributed by atoms with Crippen LogP contribution in [0.2, 0.25) is 0 Å². The third kappa shape index (κ3) is 2.77. The van der Waals surface area contributed by atoms with Crippen molar-refractivity contribution in [2.24, 2.45) is 0 Å². The Morgan fingerprint density at radius 2 is 2.15 bits per heavy atom. The Kier molecular flexibility index (Phi) is 3.37. The van der Waals surface area contributed by atoms with Crippen molar-refractivity contribution < 1.29 is 13.9 Å². The molecule has 1 atom stereocenters. The van der Waals surface area contributed by atoms with Gasteiger partial charge in [0, 0.05) is 0 Å². The second-order valence-corrected chi connectivity index (χ2v) is 2.93. The number of aliphatic hydroxyl groups excluding tert-OH is 1. The summed E-state index contributed by atoms with van der Waals surface area (Å²) in [6.07, 6.45) is 1.26. The molecular weight excluding hydrogens is 174 g/mol. The Hall–Kier alpha value is -0.960. The highest BCUT2D eigenvalue weighted by Gasteiger charge is 2.08. The molecule has 0 fully saturated rings. The van der Waals surface area contributed by atoms with Gasteiger partial charge in [0.2, 0.25) is 0 Å². The topological polar surface area (TPSA) is 20.2 Å². The predicted octanol–water partition coefficient (Wildman–Crippen LogP) is 2.29. The molecule has 0 aliphatic carbocycles. The molecule has 0 aromatic heterocycles. The average Bonchev–Trinajstić information content (AvgIpc) is 2.07. The number of rotatable bonds is 3. The van der Waals surface area contributed by atoms with Gasteiger partial charge in [0.1, 0.15) is 0 Å². The van der Waals surface area contributed by atoms with Crippen LogP contribution >= 0.6 is 0 Å². The molecule has 0 aliphatic heterocycles. The van der Waals surface area contributed by atoms with Gasteiger partial charge in [-0.3, -0.25) is 0 Å². The van der Waals surface area contributed by atoms with E-state index in [1.54, 1.807) is 6.92 Å². The average molecular weight is 185 g/mol. The molecule has 1 radical (unpaired) electrons. The molecule has 1 unspecified atom stereocenters. The molecule has 13 heavy (non-hydrogen) atoms. The van der Waals surface area contributed by atoms with Crippen molar-refractivity contribution in [3.63, 3.8) is 0 Å². The zero-order valence-corrected chi connectivity index (χ0v) is 7.30. The molecule has 1 aromatic rings. The maximum Gasteiger partial charge on any atom is 0.162 e. The van der Waals surface area contributed by atoms with E-state index in [2.05, 4.69) is 0 Å². The molecule has 0 spiro atoms. The molecule has 1 N–H and O–H groups in total. The summed E-state index contributed by atoms with van der Waals surface area (Å²) in [5.74, 6) is -1.72. The Morgan fingerprint density at radius 3 is 2.77 bits per heavy atom. The maximum atomic E-state index is 13.0. The summed E-state index contributed by atoms with van der Waals surface area (Å²) in [6, 6.07) is 3.97. The number of aliphatic hydroxyl groups is 1. The first-order valence-corrected chi connectivity index (χ1v) is 4.06. The van der Waals surface area contributed by atoms with E-state index in [-0.39, 0.29) is 5.56 Å². The highest BCUT2D eigenvalue weighted by Crippen LogP contribution is 2.15. The minimum Gasteiger partial charge on any atom is -0.393 e. The summed E-state index contributed by atoms with van der Waals surface area (Å²) >= 11 is 0. The van der Waals surface area contributed by atoms with Gasteiger partial charge in [-0.25, -0.2) is 8.78 Å². The van der Waals surface area contributed by atoms with Crippen molar-refractivity contribution in [1.29, 1.82) is 0 Å². The van der Waals surface area contributed by atoms with Crippen LogP contribution in [0.1, 0.15) is 18.9 Å². The van der Waals surface area contributed by atoms with Crippen molar-refractivity contribution in [1.82, 2.24) is 0 Å². The van der Waals surface area contributed by atoms with Gasteiger partial charge in [-0.15, -0.1) is 0 Å². The van der Waals surface area contributed by atoms with Crippen molar-refractivity contribution in [3.8, 4) is 0 Å². The summed E-state index contributed by atoms with van der Waals surface area (Å²) in [5, 5.41) is 8.93. The van der Waals surface area contributed by atoms with Crippen molar-refractivity contribution in [2.45, 2.75) is 19.4 Å². The van der Waals surface area contributed by atoms with E-state index >= 15 is 0 Å². The van der Waals surface area contributed by atoms with E-state index in [1.807, 2.05) is 0 Å². The Morgan fingerprint density at radius 1 is 1.46 bits per heavy atom. The van der Waals surface area contributed by atoms with Crippen molar-refractivity contribution in [3.05, 3.63) is 41.8 Å². The molecule has 0 heterocycles. The Labute approximate surface area is 76.0 Å². The highest BCUT2D eigenvalue weighted by molar-refractivity contribution is 5.25. The molecule has 1 aromatic carbocycles. The fraction of sp³-hybridized carbons (Fsp3) is 0.300. The van der Waals surface area contributed by atoms with Crippen LogP contribution in [0.4, 0.5) is 8.78 Å². The highest BCUT2D eigenvalue weighted by atomic mass is 19.2. The van der Waals surface area contributed by atoms with E-state index in [9.17, 15) is 8.78 Å². The Balaban J connectivity index is 2.71. The third-order valence-corrected chi connectivity index (χ3v) is 1.66. The summed E-state index contributed by atoms with van der Waals surface area (Å²) < 4.78 is 25.6. The van der Waals surface area contributed by atoms with Crippen molar-refractivity contribution >= 4 is 0 Å². The number of benzene rings is 1. The lowest BCUT2D eigenvalue weighted by molar-refractivity contribution is 0.195. The molecule has 1 rings (SSSR count). The summed E-state index contributed by atoms with van der Waals surface area (Å²) in [7, 11) is 0.